The maximum absolute atomic E-state index is 13.2. The lowest BCUT2D eigenvalue weighted by molar-refractivity contribution is -0.130. The summed E-state index contributed by atoms with van der Waals surface area (Å²) in [6.07, 6.45) is 2.22. The van der Waals surface area contributed by atoms with Crippen LogP contribution in [0, 0.1) is 0 Å². The number of carbonyl (C=O) groups excluding carboxylic acids is 1. The van der Waals surface area contributed by atoms with E-state index in [-0.39, 0.29) is 17.7 Å². The highest BCUT2D eigenvalue weighted by atomic mass is 32.2. The Morgan fingerprint density at radius 2 is 2.12 bits per heavy atom. The van der Waals surface area contributed by atoms with Crippen molar-refractivity contribution >= 4 is 34.7 Å². The molecule has 1 amide bonds. The number of carbonyl (C=O) groups is 1. The first-order chi connectivity index (χ1) is 16.2. The van der Waals surface area contributed by atoms with E-state index in [9.17, 15) is 4.79 Å². The summed E-state index contributed by atoms with van der Waals surface area (Å²) in [6.45, 7) is 0.496. The Balaban J connectivity index is 1.28. The number of tetrazole rings is 1. The zero-order valence-electron chi connectivity index (χ0n) is 17.7. The predicted molar refractivity (Wildman–Crippen MR) is 124 cm³/mol. The van der Waals surface area contributed by atoms with E-state index >= 15 is 0 Å². The van der Waals surface area contributed by atoms with Gasteiger partial charge in [-0.1, -0.05) is 30.0 Å². The van der Waals surface area contributed by atoms with E-state index in [1.807, 2.05) is 53.9 Å². The molecule has 0 fully saturated rings. The summed E-state index contributed by atoms with van der Waals surface area (Å²) in [5, 5.41) is 20.7. The van der Waals surface area contributed by atoms with Crippen molar-refractivity contribution in [1.82, 2.24) is 25.2 Å². The van der Waals surface area contributed by atoms with Gasteiger partial charge in [0.05, 0.1) is 31.7 Å². The fourth-order valence-corrected chi connectivity index (χ4v) is 5.07. The average Bonchev–Trinajstić information content (AvgIpc) is 3.64. The number of hydrazone groups is 1. The van der Waals surface area contributed by atoms with E-state index in [4.69, 9.17) is 9.15 Å². The van der Waals surface area contributed by atoms with Crippen LogP contribution in [0.15, 0.2) is 74.8 Å². The molecule has 11 heteroatoms. The molecule has 1 atom stereocenters. The van der Waals surface area contributed by atoms with Gasteiger partial charge >= 0.3 is 0 Å². The quantitative estimate of drug-likeness (QED) is 0.353. The fraction of sp³-hybridized carbons (Fsp3) is 0.227. The minimum Gasteiger partial charge on any atom is -0.497 e. The van der Waals surface area contributed by atoms with E-state index in [1.54, 1.807) is 34.4 Å². The molecule has 33 heavy (non-hydrogen) atoms. The fourth-order valence-electron chi connectivity index (χ4n) is 3.53. The van der Waals surface area contributed by atoms with Gasteiger partial charge in [-0.3, -0.25) is 4.79 Å². The highest BCUT2D eigenvalue weighted by Gasteiger charge is 2.34. The highest BCUT2D eigenvalue weighted by Crippen LogP contribution is 2.35. The van der Waals surface area contributed by atoms with Crippen LogP contribution < -0.4 is 4.74 Å². The predicted octanol–water partition coefficient (Wildman–Crippen LogP) is 3.85. The number of nitrogens with zero attached hydrogens (tertiary/aromatic N) is 6. The molecule has 0 spiro atoms. The number of methoxy groups -OCH3 is 1. The molecular formula is C22H20N6O3S2. The van der Waals surface area contributed by atoms with Crippen LogP contribution >= 0.6 is 23.1 Å². The molecule has 0 radical (unpaired) electrons. The van der Waals surface area contributed by atoms with Gasteiger partial charge in [0.1, 0.15) is 17.2 Å². The van der Waals surface area contributed by atoms with Crippen molar-refractivity contribution in [3.8, 4) is 5.75 Å². The molecule has 168 valence electrons. The largest absolute Gasteiger partial charge is 0.497 e. The zero-order chi connectivity index (χ0) is 22.6. The average molecular weight is 481 g/mol. The minimum absolute atomic E-state index is 0.112. The van der Waals surface area contributed by atoms with Gasteiger partial charge in [-0.05, 0) is 51.7 Å². The summed E-state index contributed by atoms with van der Waals surface area (Å²) >= 11 is 2.91. The van der Waals surface area contributed by atoms with Crippen molar-refractivity contribution < 1.29 is 13.9 Å². The second kappa shape index (κ2) is 9.59. The van der Waals surface area contributed by atoms with Crippen LogP contribution in [0.2, 0.25) is 0 Å². The topological polar surface area (TPSA) is 98.6 Å². The third-order valence-corrected chi connectivity index (χ3v) is 7.07. The number of benzene rings is 1. The smallest absolute Gasteiger partial charge is 0.253 e. The number of furan rings is 1. The number of rotatable bonds is 8. The number of thioether (sulfide) groups is 1. The van der Waals surface area contributed by atoms with Gasteiger partial charge in [0, 0.05) is 11.3 Å². The number of thiophene rings is 1. The standard InChI is InChI=1S/C22H20N6O3S2/c1-30-16-8-6-15(7-9-16)13-27-22(23-25-26-27)33-14-21(29)28-18(20-5-3-11-32-20)12-17(24-28)19-4-2-10-31-19/h2-11,18H,12-14H2,1H3. The SMILES string of the molecule is COc1ccc(Cn2nnnc2SCC(=O)N2N=C(c3ccco3)CC2c2cccs2)cc1. The van der Waals surface area contributed by atoms with Gasteiger partial charge in [0.15, 0.2) is 0 Å². The van der Waals surface area contributed by atoms with Crippen molar-refractivity contribution in [2.24, 2.45) is 5.10 Å². The van der Waals surface area contributed by atoms with Crippen LogP contribution in [0.3, 0.4) is 0 Å². The second-order valence-corrected chi connectivity index (χ2v) is 9.18. The summed E-state index contributed by atoms with van der Waals surface area (Å²) in [6, 6.07) is 15.2. The van der Waals surface area contributed by atoms with Crippen LogP contribution in [0.1, 0.15) is 28.7 Å². The molecule has 1 aliphatic heterocycles. The number of hydrogen-bond donors (Lipinski definition) is 0. The molecule has 4 aromatic rings. The van der Waals surface area contributed by atoms with Crippen molar-refractivity contribution in [2.75, 3.05) is 12.9 Å². The number of hydrogen-bond acceptors (Lipinski definition) is 9. The number of ether oxygens (including phenoxy) is 1. The molecule has 1 unspecified atom stereocenters. The van der Waals surface area contributed by atoms with Gasteiger partial charge in [-0.15, -0.1) is 16.4 Å². The molecule has 1 aliphatic rings. The first-order valence-electron chi connectivity index (χ1n) is 10.2. The maximum atomic E-state index is 13.2. The molecule has 4 heterocycles. The molecule has 0 saturated heterocycles. The molecule has 9 nitrogen and oxygen atoms in total. The lowest BCUT2D eigenvalue weighted by Crippen LogP contribution is -2.28. The molecule has 1 aromatic carbocycles. The lowest BCUT2D eigenvalue weighted by Gasteiger charge is -2.20. The number of amides is 1. The number of aromatic nitrogens is 4. The lowest BCUT2D eigenvalue weighted by atomic mass is 10.1. The Morgan fingerprint density at radius 1 is 1.24 bits per heavy atom. The van der Waals surface area contributed by atoms with Gasteiger partial charge in [-0.25, -0.2) is 9.69 Å². The molecule has 0 saturated carbocycles. The summed E-state index contributed by atoms with van der Waals surface area (Å²) in [5.74, 6) is 1.53. The normalized spacial score (nSPS) is 15.6. The van der Waals surface area contributed by atoms with Gasteiger partial charge in [0.2, 0.25) is 5.16 Å². The Hall–Kier alpha value is -3.44. The van der Waals surface area contributed by atoms with E-state index < -0.39 is 0 Å². The Bertz CT molecular complexity index is 1240. The minimum atomic E-state index is -0.145. The van der Waals surface area contributed by atoms with Gasteiger partial charge in [0.25, 0.3) is 5.91 Å². The van der Waals surface area contributed by atoms with Crippen molar-refractivity contribution in [1.29, 1.82) is 0 Å². The third-order valence-electron chi connectivity index (χ3n) is 5.16. The Morgan fingerprint density at radius 3 is 2.85 bits per heavy atom. The second-order valence-electron chi connectivity index (χ2n) is 7.25. The summed E-state index contributed by atoms with van der Waals surface area (Å²) in [4.78, 5) is 14.3. The van der Waals surface area contributed by atoms with E-state index in [0.717, 1.165) is 21.9 Å². The summed E-state index contributed by atoms with van der Waals surface area (Å²) < 4.78 is 12.4. The maximum Gasteiger partial charge on any atom is 0.253 e. The van der Waals surface area contributed by atoms with E-state index in [2.05, 4.69) is 20.6 Å². The van der Waals surface area contributed by atoms with Crippen molar-refractivity contribution in [3.63, 3.8) is 0 Å². The van der Waals surface area contributed by atoms with Crippen LogP contribution in [-0.4, -0.2) is 49.7 Å². The molecular weight excluding hydrogens is 460 g/mol. The molecule has 0 bridgehead atoms. The van der Waals surface area contributed by atoms with Crippen LogP contribution in [0.4, 0.5) is 0 Å². The van der Waals surface area contributed by atoms with Crippen LogP contribution in [0.5, 0.6) is 5.75 Å². The Labute approximate surface area is 198 Å². The van der Waals surface area contributed by atoms with Gasteiger partial charge in [-0.2, -0.15) is 5.10 Å². The highest BCUT2D eigenvalue weighted by molar-refractivity contribution is 7.99. The third kappa shape index (κ3) is 4.69. The summed E-state index contributed by atoms with van der Waals surface area (Å²) in [5.41, 5.74) is 1.79. The van der Waals surface area contributed by atoms with Crippen LogP contribution in [0.25, 0.3) is 0 Å². The first-order valence-corrected chi connectivity index (χ1v) is 12.1. The van der Waals surface area contributed by atoms with Gasteiger partial charge < -0.3 is 9.15 Å². The monoisotopic (exact) mass is 480 g/mol. The Kier molecular flexibility index (Phi) is 6.22. The van der Waals surface area contributed by atoms with E-state index in [0.29, 0.717) is 23.9 Å². The zero-order valence-corrected chi connectivity index (χ0v) is 19.3. The molecule has 3 aromatic heterocycles. The molecule has 5 rings (SSSR count). The summed E-state index contributed by atoms with van der Waals surface area (Å²) in [7, 11) is 1.63. The molecule has 0 N–H and O–H groups in total. The van der Waals surface area contributed by atoms with Crippen molar-refractivity contribution in [2.45, 2.75) is 24.2 Å². The molecule has 0 aliphatic carbocycles. The van der Waals surface area contributed by atoms with Crippen LogP contribution in [-0.2, 0) is 11.3 Å². The first kappa shape index (κ1) is 21.4. The van der Waals surface area contributed by atoms with Crippen molar-refractivity contribution in [3.05, 3.63) is 76.4 Å². The van der Waals surface area contributed by atoms with E-state index in [1.165, 1.54) is 11.8 Å².